The van der Waals surface area contributed by atoms with E-state index < -0.39 is 0 Å². The highest BCUT2D eigenvalue weighted by Gasteiger charge is 2.31. The van der Waals surface area contributed by atoms with Crippen molar-refractivity contribution in [3.8, 4) is 22.3 Å². The molecule has 2 aliphatic heterocycles. The number of para-hydroxylation sites is 8. The van der Waals surface area contributed by atoms with E-state index in [0.717, 1.165) is 34.1 Å². The fourth-order valence-electron chi connectivity index (χ4n) is 12.3. The molecule has 0 fully saturated rings. The zero-order chi connectivity index (χ0) is 48.2. The Morgan fingerprint density at radius 1 is 0.319 bits per heavy atom. The molecule has 0 saturated carbocycles. The maximum Gasteiger partial charge on any atom is 0.0699 e. The third kappa shape index (κ3) is 6.12. The molecule has 2 aliphatic rings. The third-order valence-corrected chi connectivity index (χ3v) is 15.5. The van der Waals surface area contributed by atoms with Crippen molar-refractivity contribution in [3.63, 3.8) is 0 Å². The van der Waals surface area contributed by atoms with Gasteiger partial charge in [0.15, 0.2) is 0 Å². The standard InChI is InChI=1S/C68H50N4/c1-5-20-47-43(2)39-55(51-25-10-8-23-49(47)51)67-53-37-35-46(72-65-33-18-14-29-61(65)70(4)62-30-15-19-34-66(62)72)42-58(53)68(56-40-44-21-6-7-22-48(44)50-24-9-11-26-52(50)56)54-38-36-45(41-57(54)67)71-63-31-16-12-27-59(63)69(3)60-28-13-17-32-64(60)71/h5-42H,1-4H3/b20-5-. The monoisotopic (exact) mass is 922 g/mol. The van der Waals surface area contributed by atoms with E-state index in [4.69, 9.17) is 0 Å². The zero-order valence-corrected chi connectivity index (χ0v) is 40.7. The van der Waals surface area contributed by atoms with Crippen molar-refractivity contribution < 1.29 is 0 Å². The fraction of sp³-hybridized carbons (Fsp3) is 0.0588. The first-order chi connectivity index (χ1) is 35.5. The van der Waals surface area contributed by atoms with Gasteiger partial charge in [-0.15, -0.1) is 0 Å². The summed E-state index contributed by atoms with van der Waals surface area (Å²) in [5.74, 6) is 0. The van der Waals surface area contributed by atoms with Crippen LogP contribution in [0.4, 0.5) is 56.9 Å². The summed E-state index contributed by atoms with van der Waals surface area (Å²) in [6.07, 6.45) is 4.43. The third-order valence-electron chi connectivity index (χ3n) is 15.5. The van der Waals surface area contributed by atoms with Crippen LogP contribution in [0.5, 0.6) is 0 Å². The number of anilines is 10. The fourth-order valence-corrected chi connectivity index (χ4v) is 12.3. The van der Waals surface area contributed by atoms with Crippen LogP contribution >= 0.6 is 0 Å². The molecule has 12 aromatic rings. The van der Waals surface area contributed by atoms with E-state index in [1.807, 2.05) is 0 Å². The minimum absolute atomic E-state index is 1.11. The molecule has 2 heterocycles. The maximum absolute atomic E-state index is 2.49. The van der Waals surface area contributed by atoms with Crippen LogP contribution in [0.15, 0.2) is 224 Å². The number of hydrogen-bond donors (Lipinski definition) is 0. The molecule has 0 aliphatic carbocycles. The second-order valence-corrected chi connectivity index (χ2v) is 19.3. The van der Waals surface area contributed by atoms with E-state index in [0.29, 0.717) is 0 Å². The number of nitrogens with zero attached hydrogens (tertiary/aromatic N) is 4. The Labute approximate surface area is 420 Å². The lowest BCUT2D eigenvalue weighted by atomic mass is 9.81. The van der Waals surface area contributed by atoms with Crippen LogP contribution in [0.1, 0.15) is 18.1 Å². The van der Waals surface area contributed by atoms with Gasteiger partial charge in [-0.2, -0.15) is 0 Å². The molecule has 12 aromatic carbocycles. The van der Waals surface area contributed by atoms with Crippen LogP contribution in [0.2, 0.25) is 0 Å². The molecular formula is C68H50N4. The van der Waals surface area contributed by atoms with Gasteiger partial charge in [-0.3, -0.25) is 0 Å². The Balaban J connectivity index is 1.17. The summed E-state index contributed by atoms with van der Waals surface area (Å²) in [7, 11) is 4.36. The van der Waals surface area contributed by atoms with Gasteiger partial charge in [0.25, 0.3) is 0 Å². The SMILES string of the molecule is C/C=C\c1c(C)cc(-c2c3cc(N4c5ccccc5N(C)c5ccccc54)ccc3c(-c3cc4ccccc4c4ccccc34)c3cc(N4c5ccccc5N(C)c5ccccc54)ccc23)c2ccccc12. The van der Waals surface area contributed by atoms with Crippen LogP contribution in [0.25, 0.3) is 82.2 Å². The second kappa shape index (κ2) is 16.2. The zero-order valence-electron chi connectivity index (χ0n) is 40.7. The molecule has 4 nitrogen and oxygen atoms in total. The van der Waals surface area contributed by atoms with E-state index in [2.05, 4.69) is 278 Å². The highest BCUT2D eigenvalue weighted by molar-refractivity contribution is 6.28. The first kappa shape index (κ1) is 41.8. The van der Waals surface area contributed by atoms with Gasteiger partial charge in [0.05, 0.1) is 45.5 Å². The molecule has 0 N–H and O–H groups in total. The lowest BCUT2D eigenvalue weighted by molar-refractivity contribution is 1.13. The highest BCUT2D eigenvalue weighted by atomic mass is 15.3. The van der Waals surface area contributed by atoms with Crippen LogP contribution < -0.4 is 19.6 Å². The molecule has 0 unspecified atom stereocenters. The number of rotatable bonds is 5. The van der Waals surface area contributed by atoms with E-state index >= 15 is 0 Å². The Morgan fingerprint density at radius 3 is 1.17 bits per heavy atom. The van der Waals surface area contributed by atoms with Crippen molar-refractivity contribution in [2.45, 2.75) is 13.8 Å². The summed E-state index contributed by atoms with van der Waals surface area (Å²) in [6.45, 7) is 4.39. The van der Waals surface area contributed by atoms with Gasteiger partial charge in [0, 0.05) is 25.5 Å². The number of fused-ring (bicyclic) bond motifs is 10. The topological polar surface area (TPSA) is 13.0 Å². The number of benzene rings is 12. The molecule has 0 aromatic heterocycles. The van der Waals surface area contributed by atoms with Crippen molar-refractivity contribution in [1.29, 1.82) is 0 Å². The molecular weight excluding hydrogens is 873 g/mol. The Morgan fingerprint density at radius 2 is 0.694 bits per heavy atom. The molecule has 0 amide bonds. The average molecular weight is 923 g/mol. The van der Waals surface area contributed by atoms with Crippen LogP contribution in [-0.2, 0) is 0 Å². The summed E-state index contributed by atoms with van der Waals surface area (Å²) >= 11 is 0. The number of aryl methyl sites for hydroxylation is 1. The Bertz CT molecular complexity index is 4160. The Hall–Kier alpha value is -9.12. The van der Waals surface area contributed by atoms with Crippen molar-refractivity contribution in [1.82, 2.24) is 0 Å². The molecule has 0 bridgehead atoms. The van der Waals surface area contributed by atoms with Gasteiger partial charge in [0.1, 0.15) is 0 Å². The summed E-state index contributed by atoms with van der Waals surface area (Å²) in [6, 6.07) is 81.5. The van der Waals surface area contributed by atoms with Crippen molar-refractivity contribution >= 4 is 117 Å². The quantitative estimate of drug-likeness (QED) is 0.126. The van der Waals surface area contributed by atoms with Crippen molar-refractivity contribution in [2.75, 3.05) is 33.7 Å². The maximum atomic E-state index is 2.49. The van der Waals surface area contributed by atoms with Gasteiger partial charge in [-0.1, -0.05) is 152 Å². The van der Waals surface area contributed by atoms with E-state index in [1.54, 1.807) is 0 Å². The normalized spacial score (nSPS) is 13.1. The smallest absolute Gasteiger partial charge is 0.0699 e. The molecule has 0 spiro atoms. The van der Waals surface area contributed by atoms with Crippen LogP contribution in [0.3, 0.4) is 0 Å². The summed E-state index contributed by atoms with van der Waals surface area (Å²) in [4.78, 5) is 9.57. The van der Waals surface area contributed by atoms with E-state index in [-0.39, 0.29) is 0 Å². The average Bonchev–Trinajstić information content (AvgIpc) is 3.43. The van der Waals surface area contributed by atoms with Gasteiger partial charge < -0.3 is 19.6 Å². The lowest BCUT2D eigenvalue weighted by Crippen LogP contribution is -2.24. The predicted molar refractivity (Wildman–Crippen MR) is 310 cm³/mol. The highest BCUT2D eigenvalue weighted by Crippen LogP contribution is 2.56. The molecule has 14 rings (SSSR count). The van der Waals surface area contributed by atoms with Crippen LogP contribution in [-0.4, -0.2) is 14.1 Å². The van der Waals surface area contributed by atoms with Crippen molar-refractivity contribution in [2.24, 2.45) is 0 Å². The molecule has 342 valence electrons. The van der Waals surface area contributed by atoms with Gasteiger partial charge in [-0.25, -0.2) is 0 Å². The molecule has 0 radical (unpaired) electrons. The van der Waals surface area contributed by atoms with E-state index in [9.17, 15) is 0 Å². The molecule has 0 atom stereocenters. The molecule has 0 saturated heterocycles. The van der Waals surface area contributed by atoms with Gasteiger partial charge in [-0.05, 0) is 180 Å². The predicted octanol–water partition coefficient (Wildman–Crippen LogP) is 19.2. The summed E-state index contributed by atoms with van der Waals surface area (Å²) in [5, 5.41) is 12.2. The first-order valence-electron chi connectivity index (χ1n) is 25.0. The molecule has 4 heteroatoms. The second-order valence-electron chi connectivity index (χ2n) is 19.3. The minimum Gasteiger partial charge on any atom is -0.341 e. The van der Waals surface area contributed by atoms with Gasteiger partial charge in [0.2, 0.25) is 0 Å². The van der Waals surface area contributed by atoms with Gasteiger partial charge >= 0.3 is 0 Å². The summed E-state index contributed by atoms with van der Waals surface area (Å²) in [5.41, 5.74) is 18.9. The largest absolute Gasteiger partial charge is 0.341 e. The van der Waals surface area contributed by atoms with E-state index in [1.165, 1.54) is 110 Å². The first-order valence-corrected chi connectivity index (χ1v) is 25.0. The van der Waals surface area contributed by atoms with Crippen LogP contribution in [0, 0.1) is 6.92 Å². The lowest BCUT2D eigenvalue weighted by Gasteiger charge is -2.39. The Kier molecular flexibility index (Phi) is 9.43. The van der Waals surface area contributed by atoms with Crippen molar-refractivity contribution in [3.05, 3.63) is 236 Å². The summed E-state index contributed by atoms with van der Waals surface area (Å²) < 4.78 is 0. The minimum atomic E-state index is 1.11. The molecule has 72 heavy (non-hydrogen) atoms. The number of allylic oxidation sites excluding steroid dienone is 1. The number of hydrogen-bond acceptors (Lipinski definition) is 4.